The molecular weight excluding hydrogens is 550 g/mol. The first kappa shape index (κ1) is 27.0. The molecule has 0 aliphatic heterocycles. The van der Waals surface area contributed by atoms with Crippen molar-refractivity contribution < 1.29 is 23.0 Å². The molecule has 10 heteroatoms. The molecule has 3 aromatic carbocycles. The highest BCUT2D eigenvalue weighted by atomic mass is 35.5. The fourth-order valence-electron chi connectivity index (χ4n) is 4.58. The molecule has 0 bridgehead atoms. The summed E-state index contributed by atoms with van der Waals surface area (Å²) in [5.41, 5.74) is 0.771. The summed E-state index contributed by atoms with van der Waals surface area (Å²) >= 11 is 13.0. The van der Waals surface area contributed by atoms with Crippen LogP contribution in [0.2, 0.25) is 10.0 Å². The van der Waals surface area contributed by atoms with Crippen LogP contribution in [-0.4, -0.2) is 27.2 Å². The molecule has 2 N–H and O–H groups in total. The zero-order chi connectivity index (χ0) is 27.9. The number of hydrogen-bond acceptors (Lipinski definition) is 4. The summed E-state index contributed by atoms with van der Waals surface area (Å²) < 4.78 is 44.5. The Balaban J connectivity index is 1.64. The molecule has 1 atom stereocenters. The SMILES string of the molecule is COc1nc2ccc(C(O)(c3ccc(Cl)cc3)c3cnc(C)[nH]3)cc2c(Cl)c1Cc1ccc(C(F)(F)F)cc1. The predicted molar refractivity (Wildman–Crippen MR) is 144 cm³/mol. The quantitative estimate of drug-likeness (QED) is 0.222. The van der Waals surface area contributed by atoms with Crippen LogP contribution in [0.15, 0.2) is 72.9 Å². The number of nitrogens with zero attached hydrogens (tertiary/aromatic N) is 2. The number of rotatable bonds is 6. The number of ether oxygens (including phenoxy) is 1. The topological polar surface area (TPSA) is 71.0 Å². The Morgan fingerprint density at radius 3 is 2.15 bits per heavy atom. The highest BCUT2D eigenvalue weighted by Gasteiger charge is 2.36. The van der Waals surface area contributed by atoms with Gasteiger partial charge in [0.1, 0.15) is 5.82 Å². The molecule has 5 nitrogen and oxygen atoms in total. The van der Waals surface area contributed by atoms with E-state index in [0.717, 1.165) is 12.1 Å². The lowest BCUT2D eigenvalue weighted by molar-refractivity contribution is -0.137. The lowest BCUT2D eigenvalue weighted by Gasteiger charge is -2.29. The number of nitrogens with one attached hydrogen (secondary N) is 1. The van der Waals surface area contributed by atoms with E-state index in [1.807, 2.05) is 0 Å². The maximum absolute atomic E-state index is 13.0. The van der Waals surface area contributed by atoms with E-state index in [0.29, 0.717) is 54.7 Å². The molecule has 0 amide bonds. The van der Waals surface area contributed by atoms with Gasteiger partial charge in [-0.2, -0.15) is 13.2 Å². The van der Waals surface area contributed by atoms with E-state index in [-0.39, 0.29) is 12.3 Å². The van der Waals surface area contributed by atoms with Crippen LogP contribution in [0.1, 0.15) is 39.3 Å². The molecule has 5 aromatic rings. The van der Waals surface area contributed by atoms with E-state index >= 15 is 0 Å². The smallest absolute Gasteiger partial charge is 0.416 e. The van der Waals surface area contributed by atoms with Crippen molar-refractivity contribution in [1.82, 2.24) is 15.0 Å². The van der Waals surface area contributed by atoms with E-state index in [9.17, 15) is 18.3 Å². The number of aromatic nitrogens is 3. The molecule has 5 rings (SSSR count). The van der Waals surface area contributed by atoms with Crippen molar-refractivity contribution in [2.75, 3.05) is 7.11 Å². The summed E-state index contributed by atoms with van der Waals surface area (Å²) in [6, 6.07) is 16.9. The summed E-state index contributed by atoms with van der Waals surface area (Å²) in [6.45, 7) is 1.78. The molecule has 0 radical (unpaired) electrons. The molecule has 2 heterocycles. The van der Waals surface area contributed by atoms with Gasteiger partial charge in [-0.15, -0.1) is 0 Å². The van der Waals surface area contributed by atoms with Crippen molar-refractivity contribution in [2.24, 2.45) is 0 Å². The van der Waals surface area contributed by atoms with Crippen LogP contribution in [0.3, 0.4) is 0 Å². The first-order valence-corrected chi connectivity index (χ1v) is 12.6. The largest absolute Gasteiger partial charge is 0.481 e. The van der Waals surface area contributed by atoms with Crippen molar-refractivity contribution in [3.8, 4) is 5.88 Å². The Morgan fingerprint density at radius 1 is 0.923 bits per heavy atom. The Morgan fingerprint density at radius 2 is 1.56 bits per heavy atom. The normalized spacial score (nSPS) is 13.4. The number of pyridine rings is 1. The average Bonchev–Trinajstić information content (AvgIpc) is 3.36. The fraction of sp³-hybridized carbons (Fsp3) is 0.172. The van der Waals surface area contributed by atoms with Crippen molar-refractivity contribution in [2.45, 2.75) is 25.1 Å². The predicted octanol–water partition coefficient (Wildman–Crippen LogP) is 7.48. The van der Waals surface area contributed by atoms with E-state index in [1.54, 1.807) is 55.6 Å². The third-order valence-electron chi connectivity index (χ3n) is 6.61. The van der Waals surface area contributed by atoms with E-state index in [4.69, 9.17) is 27.9 Å². The molecule has 0 saturated heterocycles. The van der Waals surface area contributed by atoms with E-state index in [1.165, 1.54) is 19.2 Å². The van der Waals surface area contributed by atoms with Crippen molar-refractivity contribution in [3.05, 3.63) is 122 Å². The number of H-pyrrole nitrogens is 1. The van der Waals surface area contributed by atoms with Gasteiger partial charge in [0, 0.05) is 22.4 Å². The maximum atomic E-state index is 13.0. The van der Waals surface area contributed by atoms with Crippen molar-refractivity contribution >= 4 is 34.1 Å². The van der Waals surface area contributed by atoms with Crippen molar-refractivity contribution in [3.63, 3.8) is 0 Å². The number of imidazole rings is 1. The van der Waals surface area contributed by atoms with Gasteiger partial charge in [-0.3, -0.25) is 0 Å². The Hall–Kier alpha value is -3.59. The molecule has 0 aliphatic carbocycles. The minimum atomic E-state index is -4.43. The van der Waals surface area contributed by atoms with Gasteiger partial charge in [-0.25, -0.2) is 9.97 Å². The average molecular weight is 572 g/mol. The van der Waals surface area contributed by atoms with Crippen LogP contribution in [-0.2, 0) is 18.2 Å². The van der Waals surface area contributed by atoms with Gasteiger partial charge in [0.25, 0.3) is 0 Å². The van der Waals surface area contributed by atoms with Gasteiger partial charge in [0.05, 0.1) is 35.1 Å². The first-order chi connectivity index (χ1) is 18.5. The van der Waals surface area contributed by atoms with Crippen LogP contribution in [0.4, 0.5) is 13.2 Å². The Labute approximate surface area is 232 Å². The van der Waals surface area contributed by atoms with Gasteiger partial charge >= 0.3 is 6.18 Å². The van der Waals surface area contributed by atoms with Gasteiger partial charge in [-0.05, 0) is 60.0 Å². The minimum Gasteiger partial charge on any atom is -0.481 e. The molecule has 200 valence electrons. The lowest BCUT2D eigenvalue weighted by atomic mass is 9.83. The zero-order valence-electron chi connectivity index (χ0n) is 20.8. The Bertz CT molecular complexity index is 1650. The number of hydrogen-bond donors (Lipinski definition) is 2. The molecule has 0 aliphatic rings. The number of alkyl halides is 3. The van der Waals surface area contributed by atoms with Gasteiger partial charge in [-0.1, -0.05) is 53.5 Å². The molecule has 2 aromatic heterocycles. The number of aryl methyl sites for hydroxylation is 1. The lowest BCUT2D eigenvalue weighted by Crippen LogP contribution is -2.29. The summed E-state index contributed by atoms with van der Waals surface area (Å²) in [5.74, 6) is 0.888. The zero-order valence-corrected chi connectivity index (χ0v) is 22.3. The number of halogens is 5. The molecule has 0 saturated carbocycles. The molecular formula is C29H22Cl2F3N3O2. The van der Waals surface area contributed by atoms with Crippen LogP contribution in [0, 0.1) is 6.92 Å². The van der Waals surface area contributed by atoms with Crippen LogP contribution in [0.5, 0.6) is 5.88 Å². The summed E-state index contributed by atoms with van der Waals surface area (Å²) in [5, 5.41) is 13.6. The second kappa shape index (κ2) is 10.2. The number of benzene rings is 3. The summed E-state index contributed by atoms with van der Waals surface area (Å²) in [7, 11) is 1.45. The molecule has 1 unspecified atom stereocenters. The summed E-state index contributed by atoms with van der Waals surface area (Å²) in [4.78, 5) is 12.0. The number of fused-ring (bicyclic) bond motifs is 1. The van der Waals surface area contributed by atoms with Crippen LogP contribution >= 0.6 is 23.2 Å². The Kier molecular flexibility index (Phi) is 7.05. The molecule has 39 heavy (non-hydrogen) atoms. The van der Waals surface area contributed by atoms with Crippen LogP contribution in [0.25, 0.3) is 10.9 Å². The number of methoxy groups -OCH3 is 1. The van der Waals surface area contributed by atoms with E-state index < -0.39 is 17.3 Å². The van der Waals surface area contributed by atoms with Crippen molar-refractivity contribution in [1.29, 1.82) is 0 Å². The third-order valence-corrected chi connectivity index (χ3v) is 7.29. The van der Waals surface area contributed by atoms with Crippen LogP contribution < -0.4 is 4.74 Å². The minimum absolute atomic E-state index is 0.189. The third kappa shape index (κ3) is 5.07. The number of aliphatic hydroxyl groups is 1. The monoisotopic (exact) mass is 571 g/mol. The second-order valence-corrected chi connectivity index (χ2v) is 9.93. The van der Waals surface area contributed by atoms with E-state index in [2.05, 4.69) is 15.0 Å². The fourth-order valence-corrected chi connectivity index (χ4v) is 5.00. The standard InChI is InChI=1S/C29H22Cl2F3N3O2/c1-16-35-15-25(36-16)28(38,18-7-10-21(30)11-8-18)20-9-12-24-22(14-20)26(31)23(27(37-24)39-2)13-17-3-5-19(6-4-17)29(32,33)34/h3-12,14-15,38H,13H2,1-2H3,(H,35,36). The highest BCUT2D eigenvalue weighted by Crippen LogP contribution is 2.40. The second-order valence-electron chi connectivity index (χ2n) is 9.12. The molecule has 0 fully saturated rings. The number of aromatic amines is 1. The van der Waals surface area contributed by atoms with Gasteiger partial charge in [0.15, 0.2) is 5.60 Å². The highest BCUT2D eigenvalue weighted by molar-refractivity contribution is 6.36. The van der Waals surface area contributed by atoms with Gasteiger partial charge < -0.3 is 14.8 Å². The summed E-state index contributed by atoms with van der Waals surface area (Å²) in [6.07, 6.45) is -2.67. The first-order valence-electron chi connectivity index (χ1n) is 11.8. The molecule has 0 spiro atoms. The van der Waals surface area contributed by atoms with Gasteiger partial charge in [0.2, 0.25) is 5.88 Å². The maximum Gasteiger partial charge on any atom is 0.416 e.